The number of rotatable bonds is 6. The molecule has 0 fully saturated rings. The van der Waals surface area contributed by atoms with E-state index in [0.717, 1.165) is 19.3 Å². The molecule has 0 rings (SSSR count). The Morgan fingerprint density at radius 1 is 1.38 bits per heavy atom. The first kappa shape index (κ1) is 12.5. The molecule has 0 aliphatic rings. The van der Waals surface area contributed by atoms with E-state index in [4.69, 9.17) is 6.42 Å². The lowest BCUT2D eigenvalue weighted by Crippen LogP contribution is -2.51. The Kier molecular flexibility index (Phi) is 5.77. The van der Waals surface area contributed by atoms with E-state index in [1.807, 2.05) is 6.92 Å². The van der Waals surface area contributed by atoms with Crippen molar-refractivity contribution in [3.8, 4) is 12.3 Å². The van der Waals surface area contributed by atoms with Crippen molar-refractivity contribution in [3.63, 3.8) is 0 Å². The van der Waals surface area contributed by atoms with Gasteiger partial charge in [0.25, 0.3) is 0 Å². The van der Waals surface area contributed by atoms with Gasteiger partial charge in [-0.15, -0.1) is 6.42 Å². The van der Waals surface area contributed by atoms with Crippen LogP contribution in [0.3, 0.4) is 0 Å². The highest BCUT2D eigenvalue weighted by Crippen LogP contribution is 2.15. The molecule has 13 heavy (non-hydrogen) atoms. The normalized spacial score (nSPS) is 13.8. The van der Waals surface area contributed by atoms with Crippen LogP contribution in [0.25, 0.3) is 0 Å². The van der Waals surface area contributed by atoms with Crippen LogP contribution in [0.1, 0.15) is 40.0 Å². The van der Waals surface area contributed by atoms with E-state index in [0.29, 0.717) is 0 Å². The van der Waals surface area contributed by atoms with Crippen molar-refractivity contribution in [3.05, 3.63) is 0 Å². The highest BCUT2D eigenvalue weighted by Gasteiger charge is 2.26. The molecule has 1 atom stereocenters. The predicted octanol–water partition coefficient (Wildman–Crippen LogP) is 1.54. The average Bonchev–Trinajstić information content (AvgIpc) is 2.21. The SMILES string of the molecule is C#CC(CC)NC(CC)(CC)CO. The Labute approximate surface area is 81.7 Å². The number of hydrogen-bond acceptors (Lipinski definition) is 2. The highest BCUT2D eigenvalue weighted by molar-refractivity contribution is 5.02. The molecule has 0 aromatic carbocycles. The van der Waals surface area contributed by atoms with Crippen LogP contribution in [0, 0.1) is 12.3 Å². The van der Waals surface area contributed by atoms with Crippen molar-refractivity contribution in [2.24, 2.45) is 0 Å². The Morgan fingerprint density at radius 2 is 1.92 bits per heavy atom. The van der Waals surface area contributed by atoms with Crippen LogP contribution in [0.5, 0.6) is 0 Å². The van der Waals surface area contributed by atoms with Crippen molar-refractivity contribution in [1.82, 2.24) is 5.32 Å². The number of hydrogen-bond donors (Lipinski definition) is 2. The molecule has 0 aliphatic carbocycles. The molecule has 0 bridgehead atoms. The molecule has 0 spiro atoms. The molecular formula is C11H21NO. The molecule has 0 aromatic rings. The van der Waals surface area contributed by atoms with Crippen LogP contribution in [-0.2, 0) is 0 Å². The second-order valence-electron chi connectivity index (χ2n) is 3.42. The zero-order valence-electron chi connectivity index (χ0n) is 8.93. The summed E-state index contributed by atoms with van der Waals surface area (Å²) in [5, 5.41) is 12.6. The van der Waals surface area contributed by atoms with Gasteiger partial charge in [0, 0.05) is 5.54 Å². The maximum Gasteiger partial charge on any atom is 0.0689 e. The first-order valence-electron chi connectivity index (χ1n) is 5.02. The van der Waals surface area contributed by atoms with Gasteiger partial charge in [0.05, 0.1) is 12.6 Å². The summed E-state index contributed by atoms with van der Waals surface area (Å²) in [5.41, 5.74) is -0.187. The Bertz CT molecular complexity index is 159. The molecule has 76 valence electrons. The summed E-state index contributed by atoms with van der Waals surface area (Å²) in [6, 6.07) is 0.0760. The second kappa shape index (κ2) is 6.01. The lowest BCUT2D eigenvalue weighted by molar-refractivity contribution is 0.144. The number of aliphatic hydroxyl groups is 1. The first-order chi connectivity index (χ1) is 6.17. The molecule has 0 saturated heterocycles. The van der Waals surface area contributed by atoms with Crippen LogP contribution in [0.4, 0.5) is 0 Å². The van der Waals surface area contributed by atoms with Gasteiger partial charge in [0.15, 0.2) is 0 Å². The molecular weight excluding hydrogens is 162 g/mol. The van der Waals surface area contributed by atoms with E-state index in [2.05, 4.69) is 25.1 Å². The molecule has 2 heteroatoms. The van der Waals surface area contributed by atoms with Gasteiger partial charge in [-0.2, -0.15) is 0 Å². The third-order valence-corrected chi connectivity index (χ3v) is 2.75. The van der Waals surface area contributed by atoms with Gasteiger partial charge in [0.1, 0.15) is 0 Å². The van der Waals surface area contributed by atoms with E-state index < -0.39 is 0 Å². The summed E-state index contributed by atoms with van der Waals surface area (Å²) in [5.74, 6) is 2.69. The molecule has 1 unspecified atom stereocenters. The van der Waals surface area contributed by atoms with E-state index in [1.54, 1.807) is 0 Å². The fourth-order valence-electron chi connectivity index (χ4n) is 1.35. The largest absolute Gasteiger partial charge is 0.394 e. The molecule has 0 saturated carbocycles. The average molecular weight is 183 g/mol. The summed E-state index contributed by atoms with van der Waals surface area (Å²) in [6.07, 6.45) is 8.06. The molecule has 0 amide bonds. The lowest BCUT2D eigenvalue weighted by Gasteiger charge is -2.33. The van der Waals surface area contributed by atoms with E-state index in [9.17, 15) is 5.11 Å². The van der Waals surface area contributed by atoms with Gasteiger partial charge >= 0.3 is 0 Å². The maximum atomic E-state index is 9.29. The molecule has 2 nitrogen and oxygen atoms in total. The summed E-state index contributed by atoms with van der Waals surface area (Å²) in [6.45, 7) is 6.33. The standard InChI is InChI=1S/C11H21NO/c1-5-10(6-2)12-11(7-3,8-4)9-13/h1,10,12-13H,6-9H2,2-4H3. The fourth-order valence-corrected chi connectivity index (χ4v) is 1.35. The van der Waals surface area contributed by atoms with Gasteiger partial charge in [0.2, 0.25) is 0 Å². The van der Waals surface area contributed by atoms with Crippen LogP contribution in [0.15, 0.2) is 0 Å². The van der Waals surface area contributed by atoms with E-state index in [-0.39, 0.29) is 18.2 Å². The van der Waals surface area contributed by atoms with Crippen molar-refractivity contribution < 1.29 is 5.11 Å². The quantitative estimate of drug-likeness (QED) is 0.612. The summed E-state index contributed by atoms with van der Waals surface area (Å²) >= 11 is 0. The van der Waals surface area contributed by atoms with Crippen molar-refractivity contribution >= 4 is 0 Å². The molecule has 0 aromatic heterocycles. The van der Waals surface area contributed by atoms with Gasteiger partial charge in [-0.3, -0.25) is 5.32 Å². The topological polar surface area (TPSA) is 32.3 Å². The minimum atomic E-state index is -0.187. The number of nitrogens with one attached hydrogen (secondary N) is 1. The Morgan fingerprint density at radius 3 is 2.15 bits per heavy atom. The zero-order chi connectivity index (χ0) is 10.3. The zero-order valence-corrected chi connectivity index (χ0v) is 8.93. The van der Waals surface area contributed by atoms with Gasteiger partial charge < -0.3 is 5.11 Å². The van der Waals surface area contributed by atoms with Gasteiger partial charge in [-0.05, 0) is 19.3 Å². The molecule has 2 N–H and O–H groups in total. The monoisotopic (exact) mass is 183 g/mol. The second-order valence-corrected chi connectivity index (χ2v) is 3.42. The third kappa shape index (κ3) is 3.38. The number of terminal acetylenes is 1. The summed E-state index contributed by atoms with van der Waals surface area (Å²) in [4.78, 5) is 0. The van der Waals surface area contributed by atoms with Crippen molar-refractivity contribution in [2.45, 2.75) is 51.6 Å². The van der Waals surface area contributed by atoms with Crippen LogP contribution in [-0.4, -0.2) is 23.3 Å². The van der Waals surface area contributed by atoms with E-state index in [1.165, 1.54) is 0 Å². The minimum absolute atomic E-state index is 0.0760. The fraction of sp³-hybridized carbons (Fsp3) is 0.818. The Hall–Kier alpha value is -0.520. The molecule has 0 radical (unpaired) electrons. The predicted molar refractivity (Wildman–Crippen MR) is 56.4 cm³/mol. The Balaban J connectivity index is 4.32. The summed E-state index contributed by atoms with van der Waals surface area (Å²) < 4.78 is 0. The van der Waals surface area contributed by atoms with Crippen molar-refractivity contribution in [1.29, 1.82) is 0 Å². The maximum absolute atomic E-state index is 9.29. The molecule has 0 aliphatic heterocycles. The third-order valence-electron chi connectivity index (χ3n) is 2.75. The minimum Gasteiger partial charge on any atom is -0.394 e. The van der Waals surface area contributed by atoms with Crippen LogP contribution < -0.4 is 5.32 Å². The highest BCUT2D eigenvalue weighted by atomic mass is 16.3. The van der Waals surface area contributed by atoms with Gasteiger partial charge in [-0.25, -0.2) is 0 Å². The van der Waals surface area contributed by atoms with Crippen LogP contribution >= 0.6 is 0 Å². The number of aliphatic hydroxyl groups excluding tert-OH is 1. The van der Waals surface area contributed by atoms with Crippen LogP contribution in [0.2, 0.25) is 0 Å². The summed E-state index contributed by atoms with van der Waals surface area (Å²) in [7, 11) is 0. The van der Waals surface area contributed by atoms with Crippen molar-refractivity contribution in [2.75, 3.05) is 6.61 Å². The van der Waals surface area contributed by atoms with E-state index >= 15 is 0 Å². The van der Waals surface area contributed by atoms with Gasteiger partial charge in [-0.1, -0.05) is 26.7 Å². The lowest BCUT2D eigenvalue weighted by atomic mass is 9.92. The first-order valence-corrected chi connectivity index (χ1v) is 5.02. The molecule has 0 heterocycles. The smallest absolute Gasteiger partial charge is 0.0689 e.